The van der Waals surface area contributed by atoms with Crippen LogP contribution in [0.2, 0.25) is 0 Å². The quantitative estimate of drug-likeness (QED) is 0.760. The number of hydrogen-bond acceptors (Lipinski definition) is 2. The van der Waals surface area contributed by atoms with E-state index in [4.69, 9.17) is 4.74 Å². The van der Waals surface area contributed by atoms with E-state index in [1.165, 1.54) is 16.7 Å². The Morgan fingerprint density at radius 1 is 0.952 bits per heavy atom. The molecule has 0 aliphatic carbocycles. The number of anilines is 1. The lowest BCUT2D eigenvalue weighted by Gasteiger charge is -2.11. The van der Waals surface area contributed by atoms with Crippen molar-refractivity contribution in [3.63, 3.8) is 0 Å². The van der Waals surface area contributed by atoms with Gasteiger partial charge in [-0.1, -0.05) is 32.0 Å². The fourth-order valence-electron chi connectivity index (χ4n) is 2.39. The number of benzene rings is 2. The van der Waals surface area contributed by atoms with Gasteiger partial charge in [0.2, 0.25) is 0 Å². The average Bonchev–Trinajstić information content (AvgIpc) is 2.43. The summed E-state index contributed by atoms with van der Waals surface area (Å²) in [5, 5.41) is 3.40. The Labute approximate surface area is 128 Å². The first-order chi connectivity index (χ1) is 10.0. The molecule has 0 saturated heterocycles. The summed E-state index contributed by atoms with van der Waals surface area (Å²) in [6.07, 6.45) is 0. The molecule has 0 aliphatic rings. The van der Waals surface area contributed by atoms with Gasteiger partial charge < -0.3 is 10.1 Å². The molecule has 0 aliphatic heterocycles. The van der Waals surface area contributed by atoms with Gasteiger partial charge in [-0.3, -0.25) is 0 Å². The van der Waals surface area contributed by atoms with Gasteiger partial charge in [0.15, 0.2) is 0 Å². The van der Waals surface area contributed by atoms with Crippen LogP contribution in [0.1, 0.15) is 36.5 Å². The van der Waals surface area contributed by atoms with Crippen LogP contribution in [-0.2, 0) is 0 Å². The van der Waals surface area contributed by atoms with Crippen molar-refractivity contribution >= 4 is 5.69 Å². The standard InChI is InChI=1S/C19H25NO/c1-14(2)17-5-7-19(8-6-17)21-10-9-20-18-12-15(3)11-16(4)13-18/h5-8,11-14,20H,9-10H2,1-4H3. The Hall–Kier alpha value is -1.96. The molecule has 0 atom stereocenters. The SMILES string of the molecule is Cc1cc(C)cc(NCCOc2ccc(C(C)C)cc2)c1. The summed E-state index contributed by atoms with van der Waals surface area (Å²) in [7, 11) is 0. The number of ether oxygens (including phenoxy) is 1. The maximum Gasteiger partial charge on any atom is 0.119 e. The minimum atomic E-state index is 0.560. The molecule has 0 fully saturated rings. The molecule has 1 N–H and O–H groups in total. The lowest BCUT2D eigenvalue weighted by atomic mass is 10.0. The average molecular weight is 283 g/mol. The third-order valence-corrected chi connectivity index (χ3v) is 3.47. The number of aryl methyl sites for hydroxylation is 2. The van der Waals surface area contributed by atoms with Crippen LogP contribution < -0.4 is 10.1 Å². The van der Waals surface area contributed by atoms with Gasteiger partial charge in [-0.25, -0.2) is 0 Å². The second-order valence-corrected chi connectivity index (χ2v) is 5.88. The Morgan fingerprint density at radius 2 is 1.57 bits per heavy atom. The van der Waals surface area contributed by atoms with Crippen molar-refractivity contribution in [2.24, 2.45) is 0 Å². The molecule has 0 unspecified atom stereocenters. The van der Waals surface area contributed by atoms with Crippen molar-refractivity contribution in [2.45, 2.75) is 33.6 Å². The van der Waals surface area contributed by atoms with Crippen LogP contribution in [0.25, 0.3) is 0 Å². The Bertz CT molecular complexity index is 552. The fourth-order valence-corrected chi connectivity index (χ4v) is 2.39. The summed E-state index contributed by atoms with van der Waals surface area (Å²) < 4.78 is 5.76. The zero-order valence-corrected chi connectivity index (χ0v) is 13.4. The predicted molar refractivity (Wildman–Crippen MR) is 90.4 cm³/mol. The molecule has 0 bridgehead atoms. The first-order valence-corrected chi connectivity index (χ1v) is 7.59. The highest BCUT2D eigenvalue weighted by Crippen LogP contribution is 2.18. The summed E-state index contributed by atoms with van der Waals surface area (Å²) >= 11 is 0. The molecule has 2 heteroatoms. The highest BCUT2D eigenvalue weighted by molar-refractivity contribution is 5.48. The van der Waals surface area contributed by atoms with E-state index in [1.807, 2.05) is 12.1 Å². The molecule has 2 rings (SSSR count). The van der Waals surface area contributed by atoms with Gasteiger partial charge in [0.25, 0.3) is 0 Å². The van der Waals surface area contributed by atoms with E-state index in [9.17, 15) is 0 Å². The van der Waals surface area contributed by atoms with Crippen LogP contribution in [0, 0.1) is 13.8 Å². The lowest BCUT2D eigenvalue weighted by molar-refractivity contribution is 0.333. The van der Waals surface area contributed by atoms with Crippen molar-refractivity contribution in [3.8, 4) is 5.75 Å². The zero-order chi connectivity index (χ0) is 15.2. The third-order valence-electron chi connectivity index (χ3n) is 3.47. The molecule has 0 saturated carbocycles. The maximum atomic E-state index is 5.76. The fraction of sp³-hybridized carbons (Fsp3) is 0.368. The van der Waals surface area contributed by atoms with Crippen LogP contribution >= 0.6 is 0 Å². The molecule has 0 amide bonds. The molecule has 112 valence electrons. The molecule has 0 heterocycles. The van der Waals surface area contributed by atoms with Gasteiger partial charge in [-0.05, 0) is 60.7 Å². The van der Waals surface area contributed by atoms with E-state index >= 15 is 0 Å². The maximum absolute atomic E-state index is 5.76. The summed E-state index contributed by atoms with van der Waals surface area (Å²) in [5.74, 6) is 1.49. The molecule has 2 aromatic carbocycles. The monoisotopic (exact) mass is 283 g/mol. The van der Waals surface area contributed by atoms with Crippen LogP contribution in [0.15, 0.2) is 42.5 Å². The molecular weight excluding hydrogens is 258 g/mol. The molecule has 0 radical (unpaired) electrons. The topological polar surface area (TPSA) is 21.3 Å². The van der Waals surface area contributed by atoms with Gasteiger partial charge >= 0.3 is 0 Å². The van der Waals surface area contributed by atoms with E-state index in [0.29, 0.717) is 12.5 Å². The zero-order valence-electron chi connectivity index (χ0n) is 13.4. The first kappa shape index (κ1) is 15.4. The van der Waals surface area contributed by atoms with Crippen molar-refractivity contribution < 1.29 is 4.74 Å². The summed E-state index contributed by atoms with van der Waals surface area (Å²) in [6, 6.07) is 14.9. The second kappa shape index (κ2) is 7.16. The molecule has 2 nitrogen and oxygen atoms in total. The Kier molecular flexibility index (Phi) is 5.26. The van der Waals surface area contributed by atoms with Gasteiger partial charge in [-0.2, -0.15) is 0 Å². The van der Waals surface area contributed by atoms with Crippen molar-refractivity contribution in [1.82, 2.24) is 0 Å². The number of nitrogens with one attached hydrogen (secondary N) is 1. The Balaban J connectivity index is 1.79. The van der Waals surface area contributed by atoms with E-state index < -0.39 is 0 Å². The molecule has 21 heavy (non-hydrogen) atoms. The predicted octanol–water partition coefficient (Wildman–Crippen LogP) is 4.92. The van der Waals surface area contributed by atoms with Crippen LogP contribution in [0.3, 0.4) is 0 Å². The number of hydrogen-bond donors (Lipinski definition) is 1. The summed E-state index contributed by atoms with van der Waals surface area (Å²) in [5.41, 5.74) is 5.06. The van der Waals surface area contributed by atoms with Crippen LogP contribution in [0.5, 0.6) is 5.75 Å². The molecule has 0 spiro atoms. The minimum Gasteiger partial charge on any atom is -0.492 e. The number of rotatable bonds is 6. The van der Waals surface area contributed by atoms with Gasteiger partial charge in [0, 0.05) is 12.2 Å². The van der Waals surface area contributed by atoms with Gasteiger partial charge in [-0.15, -0.1) is 0 Å². The van der Waals surface area contributed by atoms with Crippen LogP contribution in [-0.4, -0.2) is 13.2 Å². The minimum absolute atomic E-state index is 0.560. The van der Waals surface area contributed by atoms with E-state index in [2.05, 4.69) is 63.3 Å². The third kappa shape index (κ3) is 4.82. The Morgan fingerprint density at radius 3 is 2.14 bits per heavy atom. The highest BCUT2D eigenvalue weighted by Gasteiger charge is 2.00. The molecule has 0 aromatic heterocycles. The highest BCUT2D eigenvalue weighted by atomic mass is 16.5. The smallest absolute Gasteiger partial charge is 0.119 e. The first-order valence-electron chi connectivity index (χ1n) is 7.59. The largest absolute Gasteiger partial charge is 0.492 e. The lowest BCUT2D eigenvalue weighted by Crippen LogP contribution is -2.11. The van der Waals surface area contributed by atoms with Gasteiger partial charge in [0.1, 0.15) is 12.4 Å². The van der Waals surface area contributed by atoms with Crippen molar-refractivity contribution in [2.75, 3.05) is 18.5 Å². The summed E-state index contributed by atoms with van der Waals surface area (Å²) in [6.45, 7) is 10.1. The molecular formula is C19H25NO. The second-order valence-electron chi connectivity index (χ2n) is 5.88. The molecule has 2 aromatic rings. The van der Waals surface area contributed by atoms with E-state index in [-0.39, 0.29) is 0 Å². The normalized spacial score (nSPS) is 10.7. The van der Waals surface area contributed by atoms with Crippen molar-refractivity contribution in [1.29, 1.82) is 0 Å². The van der Waals surface area contributed by atoms with Gasteiger partial charge in [0.05, 0.1) is 0 Å². The summed E-state index contributed by atoms with van der Waals surface area (Å²) in [4.78, 5) is 0. The van der Waals surface area contributed by atoms with E-state index in [0.717, 1.165) is 18.0 Å². The van der Waals surface area contributed by atoms with Crippen molar-refractivity contribution in [3.05, 3.63) is 59.2 Å². The van der Waals surface area contributed by atoms with Crippen LogP contribution in [0.4, 0.5) is 5.69 Å². The van der Waals surface area contributed by atoms with E-state index in [1.54, 1.807) is 0 Å².